The second-order valence-corrected chi connectivity index (χ2v) is 3.23. The highest BCUT2D eigenvalue weighted by molar-refractivity contribution is 5.79. The van der Waals surface area contributed by atoms with Crippen molar-refractivity contribution in [3.8, 4) is 12.1 Å². The van der Waals surface area contributed by atoms with Crippen molar-refractivity contribution in [2.75, 3.05) is 0 Å². The van der Waals surface area contributed by atoms with Crippen molar-refractivity contribution < 1.29 is 0 Å². The lowest BCUT2D eigenvalue weighted by molar-refractivity contribution is 1.08. The highest BCUT2D eigenvalue weighted by Crippen LogP contribution is 2.33. The summed E-state index contributed by atoms with van der Waals surface area (Å²) in [4.78, 5) is 0. The molecule has 2 heteroatoms. The fourth-order valence-electron chi connectivity index (χ4n) is 1.85. The topological polar surface area (TPSA) is 47.6 Å². The number of nitrogens with zero attached hydrogens (tertiary/aromatic N) is 2. The third-order valence-corrected chi connectivity index (χ3v) is 2.51. The van der Waals surface area contributed by atoms with Crippen molar-refractivity contribution in [2.45, 2.75) is 12.8 Å². The molecule has 66 valence electrons. The third kappa shape index (κ3) is 1.18. The molecule has 0 bridgehead atoms. The molecule has 0 spiro atoms. The van der Waals surface area contributed by atoms with E-state index >= 15 is 0 Å². The van der Waals surface area contributed by atoms with Gasteiger partial charge in [0.15, 0.2) is 0 Å². The molecule has 0 fully saturated rings. The van der Waals surface area contributed by atoms with Crippen LogP contribution in [-0.4, -0.2) is 0 Å². The van der Waals surface area contributed by atoms with E-state index in [0.29, 0.717) is 0 Å². The van der Waals surface area contributed by atoms with Crippen LogP contribution >= 0.6 is 0 Å². The molecule has 2 rings (SSSR count). The zero-order valence-electron chi connectivity index (χ0n) is 7.62. The number of hydrogen-bond donors (Lipinski definition) is 0. The molecule has 1 aromatic carbocycles. The summed E-state index contributed by atoms with van der Waals surface area (Å²) >= 11 is 0. The van der Waals surface area contributed by atoms with Gasteiger partial charge >= 0.3 is 0 Å². The minimum atomic E-state index is 0.259. The molecule has 1 aliphatic carbocycles. The summed E-state index contributed by atoms with van der Waals surface area (Å²) in [6, 6.07) is 11.9. The van der Waals surface area contributed by atoms with Gasteiger partial charge in [-0.2, -0.15) is 10.5 Å². The summed E-state index contributed by atoms with van der Waals surface area (Å²) in [6.45, 7) is 0. The summed E-state index contributed by atoms with van der Waals surface area (Å²) in [7, 11) is 0. The van der Waals surface area contributed by atoms with Crippen molar-refractivity contribution in [3.05, 3.63) is 41.0 Å². The number of allylic oxidation sites excluding steroid dienone is 2. The van der Waals surface area contributed by atoms with E-state index in [1.54, 1.807) is 0 Å². The van der Waals surface area contributed by atoms with E-state index < -0.39 is 0 Å². The molecule has 14 heavy (non-hydrogen) atoms. The van der Waals surface area contributed by atoms with Crippen LogP contribution in [-0.2, 0) is 6.42 Å². The lowest BCUT2D eigenvalue weighted by Crippen LogP contribution is -1.83. The molecular weight excluding hydrogens is 172 g/mol. The molecule has 0 amide bonds. The van der Waals surface area contributed by atoms with Crippen LogP contribution in [0.5, 0.6) is 0 Å². The SMILES string of the molecule is N#CC(C#N)=C1CCc2ccccc21. The molecule has 0 aromatic heterocycles. The van der Waals surface area contributed by atoms with Crippen LogP contribution in [0.25, 0.3) is 5.57 Å². The lowest BCUT2D eigenvalue weighted by Gasteiger charge is -1.98. The van der Waals surface area contributed by atoms with E-state index in [9.17, 15) is 0 Å². The van der Waals surface area contributed by atoms with Gasteiger partial charge in [-0.15, -0.1) is 0 Å². The Morgan fingerprint density at radius 3 is 2.50 bits per heavy atom. The molecule has 0 saturated heterocycles. The maximum Gasteiger partial charge on any atom is 0.133 e. The average Bonchev–Trinajstić information content (AvgIpc) is 2.65. The van der Waals surface area contributed by atoms with Gasteiger partial charge < -0.3 is 0 Å². The van der Waals surface area contributed by atoms with Gasteiger partial charge in [0.25, 0.3) is 0 Å². The molecule has 1 aromatic rings. The van der Waals surface area contributed by atoms with Crippen LogP contribution in [0.1, 0.15) is 17.5 Å². The van der Waals surface area contributed by atoms with Gasteiger partial charge in [-0.25, -0.2) is 0 Å². The maximum absolute atomic E-state index is 8.78. The first kappa shape index (κ1) is 8.53. The Labute approximate surface area is 82.7 Å². The molecule has 2 nitrogen and oxygen atoms in total. The lowest BCUT2D eigenvalue weighted by atomic mass is 10.0. The van der Waals surface area contributed by atoms with E-state index in [1.165, 1.54) is 5.56 Å². The first-order valence-corrected chi connectivity index (χ1v) is 4.48. The number of hydrogen-bond acceptors (Lipinski definition) is 2. The first-order valence-electron chi connectivity index (χ1n) is 4.48. The Bertz CT molecular complexity index is 468. The number of rotatable bonds is 0. The zero-order valence-corrected chi connectivity index (χ0v) is 7.62. The molecular formula is C12H8N2. The maximum atomic E-state index is 8.78. The summed E-state index contributed by atoms with van der Waals surface area (Å²) in [6.07, 6.45) is 1.76. The zero-order chi connectivity index (χ0) is 9.97. The van der Waals surface area contributed by atoms with E-state index in [4.69, 9.17) is 10.5 Å². The fraction of sp³-hybridized carbons (Fsp3) is 0.167. The molecule has 0 N–H and O–H groups in total. The smallest absolute Gasteiger partial charge is 0.133 e. The molecule has 1 aliphatic rings. The van der Waals surface area contributed by atoms with Crippen LogP contribution in [0.4, 0.5) is 0 Å². The Morgan fingerprint density at radius 2 is 1.79 bits per heavy atom. The van der Waals surface area contributed by atoms with Crippen molar-refractivity contribution in [1.82, 2.24) is 0 Å². The van der Waals surface area contributed by atoms with Crippen molar-refractivity contribution in [1.29, 1.82) is 10.5 Å². The quantitative estimate of drug-likeness (QED) is 0.575. The number of benzene rings is 1. The van der Waals surface area contributed by atoms with Crippen LogP contribution < -0.4 is 0 Å². The second kappa shape index (κ2) is 3.36. The van der Waals surface area contributed by atoms with Gasteiger partial charge in [0, 0.05) is 0 Å². The van der Waals surface area contributed by atoms with Crippen molar-refractivity contribution >= 4 is 5.57 Å². The number of fused-ring (bicyclic) bond motifs is 1. The van der Waals surface area contributed by atoms with Crippen molar-refractivity contribution in [3.63, 3.8) is 0 Å². The predicted molar refractivity (Wildman–Crippen MR) is 52.9 cm³/mol. The highest BCUT2D eigenvalue weighted by Gasteiger charge is 2.18. The minimum Gasteiger partial charge on any atom is -0.192 e. The Hall–Kier alpha value is -2.06. The molecule has 0 radical (unpaired) electrons. The predicted octanol–water partition coefficient (Wildman–Crippen LogP) is 2.43. The normalized spacial score (nSPS) is 12.9. The minimum absolute atomic E-state index is 0.259. The van der Waals surface area contributed by atoms with Gasteiger partial charge in [-0.3, -0.25) is 0 Å². The molecule has 0 atom stereocenters. The summed E-state index contributed by atoms with van der Waals surface area (Å²) in [5.41, 5.74) is 3.48. The fourth-order valence-corrected chi connectivity index (χ4v) is 1.85. The largest absolute Gasteiger partial charge is 0.192 e. The van der Waals surface area contributed by atoms with E-state index in [-0.39, 0.29) is 5.57 Å². The van der Waals surface area contributed by atoms with Gasteiger partial charge in [0.2, 0.25) is 0 Å². The Balaban J connectivity index is 2.62. The molecule has 0 heterocycles. The summed E-state index contributed by atoms with van der Waals surface area (Å²) < 4.78 is 0. The first-order chi connectivity index (χ1) is 6.86. The highest BCUT2D eigenvalue weighted by atomic mass is 14.3. The van der Waals surface area contributed by atoms with Gasteiger partial charge in [0.05, 0.1) is 0 Å². The van der Waals surface area contributed by atoms with E-state index in [0.717, 1.165) is 24.0 Å². The van der Waals surface area contributed by atoms with Crippen LogP contribution in [0, 0.1) is 22.7 Å². The standard InChI is InChI=1S/C12H8N2/c13-7-10(8-14)12-6-5-9-3-1-2-4-11(9)12/h1-4H,5-6H2. The molecule has 0 unspecified atom stereocenters. The van der Waals surface area contributed by atoms with Crippen molar-refractivity contribution in [2.24, 2.45) is 0 Å². The monoisotopic (exact) mass is 180 g/mol. The average molecular weight is 180 g/mol. The van der Waals surface area contributed by atoms with E-state index in [2.05, 4.69) is 6.07 Å². The molecule has 0 aliphatic heterocycles. The Kier molecular flexibility index (Phi) is 2.05. The summed E-state index contributed by atoms with van der Waals surface area (Å²) in [5.74, 6) is 0. The van der Waals surface area contributed by atoms with Gasteiger partial charge in [-0.1, -0.05) is 24.3 Å². The third-order valence-electron chi connectivity index (χ3n) is 2.51. The number of nitriles is 2. The van der Waals surface area contributed by atoms with E-state index in [1.807, 2.05) is 30.3 Å². The Morgan fingerprint density at radius 1 is 1.07 bits per heavy atom. The van der Waals surface area contributed by atoms with Gasteiger partial charge in [0.1, 0.15) is 17.7 Å². The van der Waals surface area contributed by atoms with Gasteiger partial charge in [-0.05, 0) is 29.5 Å². The molecule has 0 saturated carbocycles. The number of aryl methyl sites for hydroxylation is 1. The van der Waals surface area contributed by atoms with Crippen LogP contribution in [0.2, 0.25) is 0 Å². The second-order valence-electron chi connectivity index (χ2n) is 3.23. The van der Waals surface area contributed by atoms with Crippen LogP contribution in [0.3, 0.4) is 0 Å². The van der Waals surface area contributed by atoms with Crippen LogP contribution in [0.15, 0.2) is 29.8 Å². The summed E-state index contributed by atoms with van der Waals surface area (Å²) in [5, 5.41) is 17.6.